The molecule has 0 radical (unpaired) electrons. The summed E-state index contributed by atoms with van der Waals surface area (Å²) in [6.07, 6.45) is -2.35. The van der Waals surface area contributed by atoms with E-state index in [-0.39, 0.29) is 22.1 Å². The third-order valence-corrected chi connectivity index (χ3v) is 5.52. The first kappa shape index (κ1) is 19.4. The van der Waals surface area contributed by atoms with Crippen LogP contribution in [0.1, 0.15) is 18.7 Å². The van der Waals surface area contributed by atoms with Crippen molar-refractivity contribution in [1.82, 2.24) is 24.5 Å². The molecule has 12 heteroatoms. The molecule has 0 aliphatic rings. The van der Waals surface area contributed by atoms with E-state index in [1.54, 1.807) is 18.2 Å². The minimum Gasteiger partial charge on any atom is -0.369 e. The molecule has 0 saturated heterocycles. The van der Waals surface area contributed by atoms with E-state index < -0.39 is 22.3 Å². The van der Waals surface area contributed by atoms with E-state index >= 15 is 0 Å². The van der Waals surface area contributed by atoms with Crippen LogP contribution in [0.4, 0.5) is 14.6 Å². The molecule has 0 aliphatic carbocycles. The molecule has 27 heavy (non-hydrogen) atoms. The molecule has 144 valence electrons. The Morgan fingerprint density at radius 1 is 1.11 bits per heavy atom. The maximum atomic E-state index is 12.8. The number of anilines is 1. The molecule has 0 fully saturated rings. The number of hydrogen-bond acceptors (Lipinski definition) is 6. The van der Waals surface area contributed by atoms with Crippen LogP contribution in [0.15, 0.2) is 41.3 Å². The third-order valence-electron chi connectivity index (χ3n) is 3.56. The van der Waals surface area contributed by atoms with Gasteiger partial charge in [-0.25, -0.2) is 21.9 Å². The Balaban J connectivity index is 1.54. The number of sulfonamides is 1. The van der Waals surface area contributed by atoms with Crippen LogP contribution in [-0.4, -0.2) is 41.3 Å². The molecule has 2 N–H and O–H groups in total. The van der Waals surface area contributed by atoms with Crippen LogP contribution in [0.3, 0.4) is 0 Å². The summed E-state index contributed by atoms with van der Waals surface area (Å²) < 4.78 is 53.5. The summed E-state index contributed by atoms with van der Waals surface area (Å²) in [6.45, 7) is 0.535. The second-order valence-corrected chi connectivity index (χ2v) is 7.60. The molecule has 2 aromatic heterocycles. The number of aromatic nitrogens is 4. The van der Waals surface area contributed by atoms with E-state index in [2.05, 4.69) is 25.3 Å². The fourth-order valence-electron chi connectivity index (χ4n) is 2.29. The molecule has 0 amide bonds. The number of rotatable bonds is 8. The van der Waals surface area contributed by atoms with Crippen molar-refractivity contribution in [3.05, 3.63) is 47.2 Å². The zero-order valence-corrected chi connectivity index (χ0v) is 15.4. The van der Waals surface area contributed by atoms with Gasteiger partial charge in [-0.1, -0.05) is 23.7 Å². The third kappa shape index (κ3) is 4.49. The van der Waals surface area contributed by atoms with Gasteiger partial charge in [-0.3, -0.25) is 0 Å². The summed E-state index contributed by atoms with van der Waals surface area (Å²) in [5.74, 6) is -0.195. The molecule has 0 unspecified atom stereocenters. The maximum absolute atomic E-state index is 12.8. The Hall–Kier alpha value is -2.37. The zero-order chi connectivity index (χ0) is 19.4. The monoisotopic (exact) mass is 416 g/mol. The minimum absolute atomic E-state index is 0.0129. The summed E-state index contributed by atoms with van der Waals surface area (Å²) in [5.41, 5.74) is 0.211. The lowest BCUT2D eigenvalue weighted by atomic mass is 10.4. The first-order valence-electron chi connectivity index (χ1n) is 7.87. The van der Waals surface area contributed by atoms with Crippen molar-refractivity contribution in [3.63, 3.8) is 0 Å². The summed E-state index contributed by atoms with van der Waals surface area (Å²) in [6, 6.07) is 9.23. The largest absolute Gasteiger partial charge is 0.369 e. The van der Waals surface area contributed by atoms with Crippen LogP contribution < -0.4 is 10.0 Å². The molecule has 3 rings (SSSR count). The van der Waals surface area contributed by atoms with Crippen LogP contribution in [0.5, 0.6) is 0 Å². The average Bonchev–Trinajstić information content (AvgIpc) is 3.05. The predicted molar refractivity (Wildman–Crippen MR) is 95.5 cm³/mol. The molecular weight excluding hydrogens is 402 g/mol. The van der Waals surface area contributed by atoms with Crippen LogP contribution in [0, 0.1) is 0 Å². The van der Waals surface area contributed by atoms with Crippen molar-refractivity contribution >= 4 is 33.1 Å². The highest BCUT2D eigenvalue weighted by Crippen LogP contribution is 2.20. The Bertz CT molecular complexity index is 1040. The second-order valence-electron chi connectivity index (χ2n) is 5.46. The van der Waals surface area contributed by atoms with Gasteiger partial charge < -0.3 is 5.32 Å². The lowest BCUT2D eigenvalue weighted by molar-refractivity contribution is 0.137. The number of benzene rings is 1. The fourth-order valence-corrected chi connectivity index (χ4v) is 3.88. The number of fused-ring (bicyclic) bond motifs is 1. The van der Waals surface area contributed by atoms with E-state index in [0.29, 0.717) is 18.8 Å². The number of halogens is 3. The van der Waals surface area contributed by atoms with Gasteiger partial charge in [0.2, 0.25) is 15.8 Å². The van der Waals surface area contributed by atoms with Crippen molar-refractivity contribution in [2.75, 3.05) is 18.4 Å². The van der Waals surface area contributed by atoms with Gasteiger partial charge in [0, 0.05) is 13.1 Å². The minimum atomic E-state index is -3.70. The topological polar surface area (TPSA) is 101 Å². The molecule has 0 saturated carbocycles. The van der Waals surface area contributed by atoms with Gasteiger partial charge in [-0.15, -0.1) is 15.3 Å². The van der Waals surface area contributed by atoms with Crippen LogP contribution >= 0.6 is 11.6 Å². The maximum Gasteiger partial charge on any atom is 0.299 e. The van der Waals surface area contributed by atoms with Crippen LogP contribution in [0.2, 0.25) is 5.02 Å². The summed E-state index contributed by atoms with van der Waals surface area (Å²) in [7, 11) is -3.70. The van der Waals surface area contributed by atoms with E-state index in [1.165, 1.54) is 18.2 Å². The van der Waals surface area contributed by atoms with Crippen molar-refractivity contribution in [1.29, 1.82) is 0 Å². The summed E-state index contributed by atoms with van der Waals surface area (Å²) in [5, 5.41) is 14.1. The smallest absolute Gasteiger partial charge is 0.299 e. The van der Waals surface area contributed by atoms with Crippen molar-refractivity contribution < 1.29 is 17.2 Å². The van der Waals surface area contributed by atoms with Gasteiger partial charge in [0.1, 0.15) is 10.7 Å². The molecular formula is C15H15ClF2N6O2S. The van der Waals surface area contributed by atoms with Crippen molar-refractivity contribution in [2.45, 2.75) is 17.7 Å². The quantitative estimate of drug-likeness (QED) is 0.547. The first-order valence-corrected chi connectivity index (χ1v) is 9.73. The molecule has 2 heterocycles. The highest BCUT2D eigenvalue weighted by Gasteiger charge is 2.17. The number of alkyl halides is 2. The average molecular weight is 417 g/mol. The van der Waals surface area contributed by atoms with E-state index in [9.17, 15) is 17.2 Å². The van der Waals surface area contributed by atoms with Gasteiger partial charge in [-0.05, 0) is 30.7 Å². The van der Waals surface area contributed by atoms with E-state index in [4.69, 9.17) is 11.6 Å². The van der Waals surface area contributed by atoms with Gasteiger partial charge in [0.25, 0.3) is 6.43 Å². The van der Waals surface area contributed by atoms with Crippen molar-refractivity contribution in [2.24, 2.45) is 0 Å². The molecule has 0 spiro atoms. The Kier molecular flexibility index (Phi) is 5.82. The molecule has 1 aromatic carbocycles. The highest BCUT2D eigenvalue weighted by atomic mass is 35.5. The van der Waals surface area contributed by atoms with E-state index in [0.717, 1.165) is 4.52 Å². The van der Waals surface area contributed by atoms with Crippen LogP contribution in [-0.2, 0) is 10.0 Å². The van der Waals surface area contributed by atoms with E-state index in [1.807, 2.05) is 0 Å². The Labute approximate surface area is 158 Å². The highest BCUT2D eigenvalue weighted by molar-refractivity contribution is 7.89. The van der Waals surface area contributed by atoms with Gasteiger partial charge in [0.05, 0.1) is 5.02 Å². The number of nitrogens with zero attached hydrogens (tertiary/aromatic N) is 4. The molecule has 0 aliphatic heterocycles. The summed E-state index contributed by atoms with van der Waals surface area (Å²) >= 11 is 5.90. The Morgan fingerprint density at radius 3 is 2.63 bits per heavy atom. The second kappa shape index (κ2) is 8.11. The molecule has 0 bridgehead atoms. The standard InChI is InChI=1S/C15H15ClF2N6O2S/c16-10-4-1-2-5-11(10)27(25,26)20-9-3-8-19-12-6-7-13-21-22-15(14(17)18)24(13)23-12/h1-2,4-7,14,20H,3,8-9H2,(H,19,23). The number of hydrogen-bond donors (Lipinski definition) is 2. The lowest BCUT2D eigenvalue weighted by Gasteiger charge is -2.09. The molecule has 8 nitrogen and oxygen atoms in total. The molecule has 3 aromatic rings. The normalized spacial score (nSPS) is 12.0. The Morgan fingerprint density at radius 2 is 1.89 bits per heavy atom. The first-order chi connectivity index (χ1) is 12.9. The van der Waals surface area contributed by atoms with Crippen molar-refractivity contribution in [3.8, 4) is 0 Å². The lowest BCUT2D eigenvalue weighted by Crippen LogP contribution is -2.26. The van der Waals surface area contributed by atoms with Gasteiger partial charge in [0.15, 0.2) is 5.65 Å². The zero-order valence-electron chi connectivity index (χ0n) is 13.8. The molecule has 0 atom stereocenters. The fraction of sp³-hybridized carbons (Fsp3) is 0.267. The van der Waals surface area contributed by atoms with Gasteiger partial charge >= 0.3 is 0 Å². The summed E-state index contributed by atoms with van der Waals surface area (Å²) in [4.78, 5) is 0.0129. The van der Waals surface area contributed by atoms with Crippen LogP contribution in [0.25, 0.3) is 5.65 Å². The SMILES string of the molecule is O=S(=O)(NCCCNc1ccc2nnc(C(F)F)n2n1)c1ccccc1Cl. The predicted octanol–water partition coefficient (Wildman–Crippen LogP) is 2.50. The van der Waals surface area contributed by atoms with Gasteiger partial charge in [-0.2, -0.15) is 4.52 Å². The number of nitrogens with one attached hydrogen (secondary N) is 2.